The molecule has 3 fully saturated rings. The Labute approximate surface area is 242 Å². The number of halogens is 1. The molecule has 2 N–H and O–H groups in total. The van der Waals surface area contributed by atoms with Crippen molar-refractivity contribution in [3.8, 4) is 22.9 Å². The first-order valence-electron chi connectivity index (χ1n) is 13.9. The summed E-state index contributed by atoms with van der Waals surface area (Å²) in [6.07, 6.45) is 1.15. The van der Waals surface area contributed by atoms with Gasteiger partial charge >= 0.3 is 0 Å². The van der Waals surface area contributed by atoms with Gasteiger partial charge in [0.15, 0.2) is 6.10 Å². The molecule has 0 radical (unpaired) electrons. The predicted molar refractivity (Wildman–Crippen MR) is 158 cm³/mol. The second kappa shape index (κ2) is 11.0. The maximum atomic E-state index is 10.1. The van der Waals surface area contributed by atoms with Crippen molar-refractivity contribution in [2.75, 3.05) is 38.3 Å². The van der Waals surface area contributed by atoms with Crippen molar-refractivity contribution in [2.24, 2.45) is 4.99 Å². The third-order valence-corrected chi connectivity index (χ3v) is 8.22. The number of aromatic nitrogens is 2. The lowest BCUT2D eigenvalue weighted by Crippen LogP contribution is -2.34. The highest BCUT2D eigenvalue weighted by Gasteiger charge is 2.48. The minimum absolute atomic E-state index is 0.159. The first kappa shape index (κ1) is 26.3. The van der Waals surface area contributed by atoms with E-state index in [1.165, 1.54) is 0 Å². The highest BCUT2D eigenvalue weighted by molar-refractivity contribution is 6.33. The van der Waals surface area contributed by atoms with Gasteiger partial charge in [-0.1, -0.05) is 41.9 Å². The van der Waals surface area contributed by atoms with Gasteiger partial charge in [-0.25, -0.2) is 4.98 Å². The van der Waals surface area contributed by atoms with Crippen molar-refractivity contribution in [3.63, 3.8) is 0 Å². The van der Waals surface area contributed by atoms with Gasteiger partial charge in [0.05, 0.1) is 41.6 Å². The Bertz CT molecular complexity index is 1560. The summed E-state index contributed by atoms with van der Waals surface area (Å²) in [5.74, 6) is 1.42. The van der Waals surface area contributed by atoms with E-state index < -0.39 is 6.10 Å². The molecule has 3 aliphatic rings. The first-order valence-corrected chi connectivity index (χ1v) is 14.2. The number of aromatic amines is 1. The number of benzene rings is 2. The Morgan fingerprint density at radius 2 is 1.88 bits per heavy atom. The lowest BCUT2D eigenvalue weighted by molar-refractivity contribution is 0.00792. The van der Waals surface area contributed by atoms with Crippen LogP contribution >= 0.6 is 11.6 Å². The summed E-state index contributed by atoms with van der Waals surface area (Å²) >= 11 is 6.75. The summed E-state index contributed by atoms with van der Waals surface area (Å²) in [6, 6.07) is 20.2. The van der Waals surface area contributed by atoms with Crippen LogP contribution in [0.5, 0.6) is 11.6 Å². The largest absolute Gasteiger partial charge is 0.489 e. The van der Waals surface area contributed by atoms with Crippen LogP contribution in [0.4, 0.5) is 5.69 Å². The summed E-state index contributed by atoms with van der Waals surface area (Å²) in [5, 5.41) is 10.6. The van der Waals surface area contributed by atoms with Gasteiger partial charge < -0.3 is 33.9 Å². The third-order valence-electron chi connectivity index (χ3n) is 7.93. The van der Waals surface area contributed by atoms with Crippen molar-refractivity contribution in [2.45, 2.75) is 36.9 Å². The number of H-pyrrole nitrogens is 1. The van der Waals surface area contributed by atoms with E-state index >= 15 is 0 Å². The average Bonchev–Trinajstić information content (AvgIpc) is 3.76. The molecule has 0 spiro atoms. The van der Waals surface area contributed by atoms with Gasteiger partial charge in [0.2, 0.25) is 5.88 Å². The maximum Gasteiger partial charge on any atom is 0.203 e. The smallest absolute Gasteiger partial charge is 0.203 e. The minimum atomic E-state index is -0.642. The highest BCUT2D eigenvalue weighted by atomic mass is 35.5. The molecule has 3 aliphatic heterocycles. The molecule has 0 aliphatic carbocycles. The summed E-state index contributed by atoms with van der Waals surface area (Å²) in [4.78, 5) is 14.8. The molecule has 2 aromatic heterocycles. The van der Waals surface area contributed by atoms with Crippen molar-refractivity contribution < 1.29 is 24.1 Å². The number of nitrogens with one attached hydrogen (secondary N) is 1. The van der Waals surface area contributed by atoms with E-state index in [9.17, 15) is 5.11 Å². The van der Waals surface area contributed by atoms with Gasteiger partial charge in [-0.3, -0.25) is 4.99 Å². The molecule has 0 bridgehead atoms. The number of para-hydroxylation sites is 1. The SMILES string of the molecule is CN=Cc1c(O[C@@H]2CO[C@H]3[C@@H]2OC[C@H]3O)[nH]c2cc(Cl)c(-c3ccc(N4CC[C@H](Oc5ccccc5)C4)cc3)nc12. The molecule has 0 unspecified atom stereocenters. The van der Waals surface area contributed by atoms with E-state index in [2.05, 4.69) is 39.1 Å². The highest BCUT2D eigenvalue weighted by Crippen LogP contribution is 2.36. The fourth-order valence-corrected chi connectivity index (χ4v) is 6.17. The number of aliphatic hydroxyl groups is 1. The first-order chi connectivity index (χ1) is 20.1. The monoisotopic (exact) mass is 574 g/mol. The van der Waals surface area contributed by atoms with E-state index in [0.29, 0.717) is 28.7 Å². The van der Waals surface area contributed by atoms with Gasteiger partial charge in [0.25, 0.3) is 0 Å². The molecule has 5 atom stereocenters. The number of hydrogen-bond donors (Lipinski definition) is 2. The molecule has 0 saturated carbocycles. The van der Waals surface area contributed by atoms with Crippen molar-refractivity contribution in [1.82, 2.24) is 9.97 Å². The average molecular weight is 575 g/mol. The van der Waals surface area contributed by atoms with E-state index in [1.807, 2.05) is 36.4 Å². The van der Waals surface area contributed by atoms with Gasteiger partial charge in [-0.2, -0.15) is 0 Å². The van der Waals surface area contributed by atoms with Gasteiger partial charge in [0, 0.05) is 37.5 Å². The predicted octanol–water partition coefficient (Wildman–Crippen LogP) is 4.50. The van der Waals surface area contributed by atoms with Crippen LogP contribution in [0.25, 0.3) is 22.3 Å². The van der Waals surface area contributed by atoms with Crippen LogP contribution in [-0.4, -0.2) is 85.2 Å². The maximum absolute atomic E-state index is 10.1. The topological polar surface area (TPSA) is 101 Å². The van der Waals surface area contributed by atoms with Crippen LogP contribution in [0.2, 0.25) is 5.02 Å². The van der Waals surface area contributed by atoms with E-state index in [0.717, 1.165) is 47.6 Å². The van der Waals surface area contributed by atoms with E-state index in [-0.39, 0.29) is 31.0 Å². The molecule has 5 heterocycles. The van der Waals surface area contributed by atoms with Gasteiger partial charge in [0.1, 0.15) is 35.7 Å². The standard InChI is InChI=1S/C31H31ClN4O5/c1-33-14-22-28-24(34-31(22)41-26-17-39-29-25(37)16-38-30(26)29)13-23(32)27(35-28)18-7-9-19(10-8-18)36-12-11-21(15-36)40-20-5-3-2-4-6-20/h2-10,13-14,21,25-26,29-30,34,37H,11-12,15-17H2,1H3/t21-,25+,26+,29+,30+/m0/s1. The van der Waals surface area contributed by atoms with Crippen LogP contribution in [0.1, 0.15) is 12.0 Å². The lowest BCUT2D eigenvalue weighted by atomic mass is 10.1. The molecule has 3 saturated heterocycles. The fraction of sp³-hybridized carbons (Fsp3) is 0.355. The number of ether oxygens (including phenoxy) is 4. The number of anilines is 1. The van der Waals surface area contributed by atoms with Crippen molar-refractivity contribution in [1.29, 1.82) is 0 Å². The van der Waals surface area contributed by atoms with Crippen LogP contribution in [0.15, 0.2) is 65.7 Å². The van der Waals surface area contributed by atoms with Gasteiger partial charge in [-0.15, -0.1) is 0 Å². The normalized spacial score (nSPS) is 25.8. The number of rotatable bonds is 7. The Balaban J connectivity index is 1.11. The summed E-state index contributed by atoms with van der Waals surface area (Å²) in [7, 11) is 1.71. The molecule has 10 heteroatoms. The molecule has 2 aromatic carbocycles. The van der Waals surface area contributed by atoms with E-state index in [1.54, 1.807) is 13.3 Å². The summed E-state index contributed by atoms with van der Waals surface area (Å²) < 4.78 is 23.9. The zero-order valence-corrected chi connectivity index (χ0v) is 23.3. The minimum Gasteiger partial charge on any atom is -0.489 e. The van der Waals surface area contributed by atoms with Crippen molar-refractivity contribution in [3.05, 3.63) is 71.2 Å². The Morgan fingerprint density at radius 1 is 1.07 bits per heavy atom. The zero-order valence-electron chi connectivity index (χ0n) is 22.6. The molecule has 9 nitrogen and oxygen atoms in total. The number of aliphatic hydroxyl groups excluding tert-OH is 1. The fourth-order valence-electron chi connectivity index (χ4n) is 5.91. The van der Waals surface area contributed by atoms with Crippen LogP contribution in [-0.2, 0) is 9.47 Å². The molecule has 4 aromatic rings. The molecule has 0 amide bonds. The molecular weight excluding hydrogens is 544 g/mol. The number of fused-ring (bicyclic) bond motifs is 2. The molecule has 41 heavy (non-hydrogen) atoms. The zero-order chi connectivity index (χ0) is 27.9. The Morgan fingerprint density at radius 3 is 2.68 bits per heavy atom. The van der Waals surface area contributed by atoms with Crippen LogP contribution in [0.3, 0.4) is 0 Å². The van der Waals surface area contributed by atoms with Gasteiger partial charge in [-0.05, 0) is 30.3 Å². The third kappa shape index (κ3) is 5.04. The number of aliphatic imine (C=N–C) groups is 1. The Hall–Kier alpha value is -3.63. The molecule has 212 valence electrons. The molecule has 7 rings (SSSR count). The number of hydrogen-bond acceptors (Lipinski definition) is 8. The summed E-state index contributed by atoms with van der Waals surface area (Å²) in [5.41, 5.74) is 4.90. The van der Waals surface area contributed by atoms with Crippen LogP contribution < -0.4 is 14.4 Å². The number of pyridine rings is 1. The Kier molecular flexibility index (Phi) is 7.04. The second-order valence-electron chi connectivity index (χ2n) is 10.6. The van der Waals surface area contributed by atoms with E-state index in [4.69, 9.17) is 35.5 Å². The summed E-state index contributed by atoms with van der Waals surface area (Å²) in [6.45, 7) is 2.34. The van der Waals surface area contributed by atoms with Crippen molar-refractivity contribution >= 4 is 34.5 Å². The van der Waals surface area contributed by atoms with Crippen LogP contribution in [0, 0.1) is 0 Å². The number of nitrogens with zero attached hydrogens (tertiary/aromatic N) is 3. The quantitative estimate of drug-likeness (QED) is 0.314. The molecular formula is C31H31ClN4O5. The second-order valence-corrected chi connectivity index (χ2v) is 11.0. The lowest BCUT2D eigenvalue weighted by Gasteiger charge is -2.19.